The normalized spacial score (nSPS) is 11.4. The Balaban J connectivity index is 2.00. The highest BCUT2D eigenvalue weighted by Gasteiger charge is 2.18. The minimum Gasteiger partial charge on any atom is -0.481 e. The predicted octanol–water partition coefficient (Wildman–Crippen LogP) is 3.27. The quantitative estimate of drug-likeness (QED) is 0.831. The van der Waals surface area contributed by atoms with Gasteiger partial charge in [0, 0.05) is 5.69 Å². The van der Waals surface area contributed by atoms with E-state index in [4.69, 9.17) is 4.74 Å². The van der Waals surface area contributed by atoms with Crippen LogP contribution in [-0.2, 0) is 9.53 Å². The molecule has 0 aliphatic rings. The maximum absolute atomic E-state index is 12.3. The molecule has 2 aromatic carbocycles. The van der Waals surface area contributed by atoms with Crippen molar-refractivity contribution in [2.24, 2.45) is 0 Å². The molecule has 0 aliphatic carbocycles. The summed E-state index contributed by atoms with van der Waals surface area (Å²) >= 11 is 0. The number of benzene rings is 2. The van der Waals surface area contributed by atoms with Crippen molar-refractivity contribution in [3.63, 3.8) is 0 Å². The molecule has 1 N–H and O–H groups in total. The zero-order chi connectivity index (χ0) is 16.7. The Labute approximate surface area is 135 Å². The van der Waals surface area contributed by atoms with Crippen molar-refractivity contribution in [3.8, 4) is 5.75 Å². The van der Waals surface area contributed by atoms with Gasteiger partial charge in [0.1, 0.15) is 5.75 Å². The van der Waals surface area contributed by atoms with Crippen LogP contribution in [0.5, 0.6) is 5.75 Å². The van der Waals surface area contributed by atoms with Crippen molar-refractivity contribution in [1.82, 2.24) is 0 Å². The summed E-state index contributed by atoms with van der Waals surface area (Å²) in [6.45, 7) is 1.88. The second-order valence-corrected chi connectivity index (χ2v) is 4.89. The molecule has 0 radical (unpaired) electrons. The number of hydrogen-bond donors (Lipinski definition) is 1. The van der Waals surface area contributed by atoms with Gasteiger partial charge >= 0.3 is 5.97 Å². The average molecular weight is 313 g/mol. The first-order chi connectivity index (χ1) is 11.1. The fraction of sp³-hybridized carbons (Fsp3) is 0.222. The lowest BCUT2D eigenvalue weighted by Crippen LogP contribution is -2.32. The molecule has 0 fully saturated rings. The topological polar surface area (TPSA) is 64.6 Å². The number of methoxy groups -OCH3 is 1. The predicted molar refractivity (Wildman–Crippen MR) is 87.6 cm³/mol. The Kier molecular flexibility index (Phi) is 5.74. The van der Waals surface area contributed by atoms with Crippen molar-refractivity contribution in [3.05, 3.63) is 60.2 Å². The summed E-state index contributed by atoms with van der Waals surface area (Å²) in [5, 5.41) is 2.78. The Hall–Kier alpha value is -2.82. The molecule has 2 rings (SSSR count). The van der Waals surface area contributed by atoms with Gasteiger partial charge in [-0.15, -0.1) is 0 Å². The molecule has 23 heavy (non-hydrogen) atoms. The van der Waals surface area contributed by atoms with Crippen LogP contribution in [0.4, 0.5) is 5.69 Å². The lowest BCUT2D eigenvalue weighted by molar-refractivity contribution is -0.122. The third-order valence-electron chi connectivity index (χ3n) is 3.26. The van der Waals surface area contributed by atoms with E-state index in [9.17, 15) is 9.59 Å². The molecule has 0 heterocycles. The van der Waals surface area contributed by atoms with Crippen LogP contribution < -0.4 is 10.1 Å². The van der Waals surface area contributed by atoms with Crippen LogP contribution in [0.3, 0.4) is 0 Å². The smallest absolute Gasteiger partial charge is 0.337 e. The third kappa shape index (κ3) is 4.57. The van der Waals surface area contributed by atoms with E-state index in [1.807, 2.05) is 25.1 Å². The van der Waals surface area contributed by atoms with Crippen LogP contribution in [0.2, 0.25) is 0 Å². The maximum atomic E-state index is 12.3. The van der Waals surface area contributed by atoms with Crippen LogP contribution in [-0.4, -0.2) is 25.1 Å². The number of hydrogen-bond acceptors (Lipinski definition) is 4. The second kappa shape index (κ2) is 7.98. The number of esters is 1. The van der Waals surface area contributed by atoms with Gasteiger partial charge in [-0.2, -0.15) is 0 Å². The number of carbonyl (C=O) groups is 2. The lowest BCUT2D eigenvalue weighted by atomic mass is 10.2. The fourth-order valence-corrected chi connectivity index (χ4v) is 2.02. The number of carbonyl (C=O) groups excluding carboxylic acids is 2. The average Bonchev–Trinajstić information content (AvgIpc) is 2.60. The van der Waals surface area contributed by atoms with E-state index < -0.39 is 12.1 Å². The van der Waals surface area contributed by atoms with Gasteiger partial charge < -0.3 is 14.8 Å². The molecular formula is C18H19NO4. The van der Waals surface area contributed by atoms with E-state index in [0.29, 0.717) is 23.4 Å². The first kappa shape index (κ1) is 16.5. The molecule has 0 saturated heterocycles. The molecular weight excluding hydrogens is 294 g/mol. The summed E-state index contributed by atoms with van der Waals surface area (Å²) in [5.74, 6) is -0.000525. The molecule has 1 amide bonds. The van der Waals surface area contributed by atoms with E-state index in [0.717, 1.165) is 0 Å². The van der Waals surface area contributed by atoms with Crippen molar-refractivity contribution in [2.45, 2.75) is 19.4 Å². The number of ether oxygens (including phenoxy) is 2. The van der Waals surface area contributed by atoms with E-state index in [1.54, 1.807) is 36.4 Å². The molecule has 0 bridgehead atoms. The van der Waals surface area contributed by atoms with E-state index in [-0.39, 0.29) is 5.91 Å². The molecule has 5 heteroatoms. The van der Waals surface area contributed by atoms with Gasteiger partial charge in [0.2, 0.25) is 0 Å². The highest BCUT2D eigenvalue weighted by atomic mass is 16.5. The molecule has 5 nitrogen and oxygen atoms in total. The molecule has 0 aliphatic heterocycles. The number of nitrogens with one attached hydrogen (secondary N) is 1. The van der Waals surface area contributed by atoms with Crippen molar-refractivity contribution in [1.29, 1.82) is 0 Å². The monoisotopic (exact) mass is 313 g/mol. The summed E-state index contributed by atoms with van der Waals surface area (Å²) in [5.41, 5.74) is 1.02. The van der Waals surface area contributed by atoms with E-state index >= 15 is 0 Å². The first-order valence-corrected chi connectivity index (χ1v) is 7.35. The minimum atomic E-state index is -0.585. The van der Waals surface area contributed by atoms with Crippen LogP contribution in [0.25, 0.3) is 0 Å². The Bertz CT molecular complexity index is 652. The van der Waals surface area contributed by atoms with Gasteiger partial charge in [0.25, 0.3) is 5.91 Å². The summed E-state index contributed by atoms with van der Waals surface area (Å²) in [6, 6.07) is 15.7. The molecule has 0 aromatic heterocycles. The number of anilines is 1. The maximum Gasteiger partial charge on any atom is 0.337 e. The summed E-state index contributed by atoms with van der Waals surface area (Å²) in [6.07, 6.45) is -0.0428. The van der Waals surface area contributed by atoms with E-state index in [1.165, 1.54) is 7.11 Å². The zero-order valence-electron chi connectivity index (χ0n) is 13.1. The van der Waals surface area contributed by atoms with Gasteiger partial charge in [0.15, 0.2) is 6.10 Å². The van der Waals surface area contributed by atoms with E-state index in [2.05, 4.69) is 10.1 Å². The largest absolute Gasteiger partial charge is 0.481 e. The van der Waals surface area contributed by atoms with Gasteiger partial charge in [-0.25, -0.2) is 4.79 Å². The highest BCUT2D eigenvalue weighted by molar-refractivity contribution is 5.95. The third-order valence-corrected chi connectivity index (χ3v) is 3.26. The Morgan fingerprint density at radius 1 is 1.04 bits per heavy atom. The van der Waals surface area contributed by atoms with Gasteiger partial charge in [0.05, 0.1) is 12.7 Å². The SMILES string of the molecule is CC[C@@H](Oc1ccccc1)C(=O)Nc1ccc(C(=O)OC)cc1. The number of para-hydroxylation sites is 1. The standard InChI is InChI=1S/C18H19NO4/c1-3-16(23-15-7-5-4-6-8-15)17(20)19-14-11-9-13(10-12-14)18(21)22-2/h4-12,16H,3H2,1-2H3,(H,19,20)/t16-/m1/s1. The summed E-state index contributed by atoms with van der Waals surface area (Å²) < 4.78 is 10.3. The van der Waals surface area contributed by atoms with Crippen molar-refractivity contribution < 1.29 is 19.1 Å². The number of amides is 1. The second-order valence-electron chi connectivity index (χ2n) is 4.89. The Morgan fingerprint density at radius 3 is 2.26 bits per heavy atom. The Morgan fingerprint density at radius 2 is 1.70 bits per heavy atom. The molecule has 0 spiro atoms. The van der Waals surface area contributed by atoms with Gasteiger partial charge in [-0.05, 0) is 42.8 Å². The van der Waals surface area contributed by atoms with Crippen molar-refractivity contribution >= 4 is 17.6 Å². The summed E-state index contributed by atoms with van der Waals surface area (Å²) in [7, 11) is 1.32. The number of rotatable bonds is 6. The van der Waals surface area contributed by atoms with Crippen LogP contribution >= 0.6 is 0 Å². The van der Waals surface area contributed by atoms with Crippen LogP contribution in [0.15, 0.2) is 54.6 Å². The molecule has 0 saturated carbocycles. The first-order valence-electron chi connectivity index (χ1n) is 7.35. The van der Waals surface area contributed by atoms with Crippen LogP contribution in [0, 0.1) is 0 Å². The van der Waals surface area contributed by atoms with Gasteiger partial charge in [-0.1, -0.05) is 25.1 Å². The molecule has 0 unspecified atom stereocenters. The molecule has 120 valence electrons. The summed E-state index contributed by atoms with van der Waals surface area (Å²) in [4.78, 5) is 23.7. The molecule has 2 aromatic rings. The van der Waals surface area contributed by atoms with Crippen LogP contribution in [0.1, 0.15) is 23.7 Å². The molecule has 1 atom stereocenters. The van der Waals surface area contributed by atoms with Gasteiger partial charge in [-0.3, -0.25) is 4.79 Å². The van der Waals surface area contributed by atoms with Crippen molar-refractivity contribution in [2.75, 3.05) is 12.4 Å². The highest BCUT2D eigenvalue weighted by Crippen LogP contribution is 2.15. The fourth-order valence-electron chi connectivity index (χ4n) is 2.02. The minimum absolute atomic E-state index is 0.234. The lowest BCUT2D eigenvalue weighted by Gasteiger charge is -2.17. The zero-order valence-corrected chi connectivity index (χ0v) is 13.1.